The SMILES string of the molecule is CCC(O)(CCC(=O)O)c1cccc(F)c1. The van der Waals surface area contributed by atoms with Crippen LogP contribution in [0.15, 0.2) is 24.3 Å². The third-order valence-electron chi connectivity index (χ3n) is 2.70. The van der Waals surface area contributed by atoms with Crippen molar-refractivity contribution in [3.8, 4) is 0 Å². The van der Waals surface area contributed by atoms with E-state index in [0.29, 0.717) is 12.0 Å². The number of aliphatic carboxylic acids is 1. The summed E-state index contributed by atoms with van der Waals surface area (Å²) < 4.78 is 13.0. The summed E-state index contributed by atoms with van der Waals surface area (Å²) >= 11 is 0. The van der Waals surface area contributed by atoms with E-state index in [1.807, 2.05) is 0 Å². The van der Waals surface area contributed by atoms with Crippen LogP contribution in [0.2, 0.25) is 0 Å². The number of carbonyl (C=O) groups is 1. The minimum absolute atomic E-state index is 0.0856. The molecule has 0 aliphatic heterocycles. The van der Waals surface area contributed by atoms with Gasteiger partial charge in [-0.15, -0.1) is 0 Å². The van der Waals surface area contributed by atoms with Crippen LogP contribution in [0.4, 0.5) is 4.39 Å². The lowest BCUT2D eigenvalue weighted by atomic mass is 9.87. The van der Waals surface area contributed by atoms with Gasteiger partial charge in [0.15, 0.2) is 0 Å². The molecule has 0 amide bonds. The van der Waals surface area contributed by atoms with E-state index < -0.39 is 17.4 Å². The Morgan fingerprint density at radius 3 is 2.69 bits per heavy atom. The number of carboxylic acid groups (broad SMARTS) is 1. The van der Waals surface area contributed by atoms with Crippen molar-refractivity contribution < 1.29 is 19.4 Å². The monoisotopic (exact) mass is 226 g/mol. The Morgan fingerprint density at radius 1 is 1.50 bits per heavy atom. The second-order valence-corrected chi connectivity index (χ2v) is 3.79. The smallest absolute Gasteiger partial charge is 0.303 e. The molecule has 1 aromatic carbocycles. The van der Waals surface area contributed by atoms with Gasteiger partial charge in [-0.3, -0.25) is 4.79 Å². The van der Waals surface area contributed by atoms with E-state index in [-0.39, 0.29) is 12.8 Å². The Bertz CT molecular complexity index is 378. The van der Waals surface area contributed by atoms with Gasteiger partial charge in [-0.05, 0) is 30.5 Å². The van der Waals surface area contributed by atoms with Gasteiger partial charge >= 0.3 is 5.97 Å². The first-order valence-corrected chi connectivity index (χ1v) is 5.18. The molecular formula is C12H15FO3. The molecule has 16 heavy (non-hydrogen) atoms. The van der Waals surface area contributed by atoms with Gasteiger partial charge in [0.1, 0.15) is 5.82 Å². The number of rotatable bonds is 5. The summed E-state index contributed by atoms with van der Waals surface area (Å²) in [5, 5.41) is 18.8. The van der Waals surface area contributed by atoms with E-state index in [1.54, 1.807) is 13.0 Å². The zero-order valence-corrected chi connectivity index (χ0v) is 9.11. The van der Waals surface area contributed by atoms with Crippen molar-refractivity contribution in [2.45, 2.75) is 31.8 Å². The molecule has 2 N–H and O–H groups in total. The van der Waals surface area contributed by atoms with Crippen LogP contribution in [0, 0.1) is 5.82 Å². The number of hydrogen-bond acceptors (Lipinski definition) is 2. The first-order chi connectivity index (χ1) is 7.48. The van der Waals surface area contributed by atoms with E-state index in [9.17, 15) is 14.3 Å². The fourth-order valence-corrected chi connectivity index (χ4v) is 1.62. The van der Waals surface area contributed by atoms with Crippen LogP contribution in [-0.2, 0) is 10.4 Å². The highest BCUT2D eigenvalue weighted by Gasteiger charge is 2.28. The number of benzene rings is 1. The first-order valence-electron chi connectivity index (χ1n) is 5.18. The van der Waals surface area contributed by atoms with Gasteiger partial charge in [-0.2, -0.15) is 0 Å². The molecule has 0 aromatic heterocycles. The zero-order valence-electron chi connectivity index (χ0n) is 9.11. The largest absolute Gasteiger partial charge is 0.481 e. The van der Waals surface area contributed by atoms with Crippen molar-refractivity contribution in [3.05, 3.63) is 35.6 Å². The van der Waals surface area contributed by atoms with E-state index in [2.05, 4.69) is 0 Å². The van der Waals surface area contributed by atoms with Crippen LogP contribution in [0.3, 0.4) is 0 Å². The van der Waals surface area contributed by atoms with Gasteiger partial charge in [-0.25, -0.2) is 4.39 Å². The summed E-state index contributed by atoms with van der Waals surface area (Å²) in [6.45, 7) is 1.74. The van der Waals surface area contributed by atoms with Crippen LogP contribution >= 0.6 is 0 Å². The molecule has 1 unspecified atom stereocenters. The molecule has 0 aliphatic rings. The van der Waals surface area contributed by atoms with Crippen LogP contribution in [0.5, 0.6) is 0 Å². The van der Waals surface area contributed by atoms with Crippen LogP contribution in [0.25, 0.3) is 0 Å². The lowest BCUT2D eigenvalue weighted by molar-refractivity contribution is -0.138. The van der Waals surface area contributed by atoms with E-state index in [4.69, 9.17) is 5.11 Å². The molecule has 1 aromatic rings. The molecule has 0 saturated carbocycles. The molecule has 1 atom stereocenters. The summed E-state index contributed by atoms with van der Waals surface area (Å²) in [5.41, 5.74) is -0.836. The number of hydrogen-bond donors (Lipinski definition) is 2. The summed E-state index contributed by atoms with van der Waals surface area (Å²) in [4.78, 5) is 10.5. The molecule has 0 spiro atoms. The lowest BCUT2D eigenvalue weighted by Gasteiger charge is -2.26. The van der Waals surface area contributed by atoms with Crippen molar-refractivity contribution >= 4 is 5.97 Å². The molecular weight excluding hydrogens is 211 g/mol. The summed E-state index contributed by atoms with van der Waals surface area (Å²) in [7, 11) is 0. The molecule has 0 saturated heterocycles. The molecule has 1 rings (SSSR count). The fraction of sp³-hybridized carbons (Fsp3) is 0.417. The van der Waals surface area contributed by atoms with Crippen molar-refractivity contribution in [3.63, 3.8) is 0 Å². The van der Waals surface area contributed by atoms with Crippen LogP contribution in [0.1, 0.15) is 31.7 Å². The molecule has 88 valence electrons. The molecule has 0 aliphatic carbocycles. The second kappa shape index (κ2) is 5.07. The Kier molecular flexibility index (Phi) is 4.01. The third-order valence-corrected chi connectivity index (χ3v) is 2.70. The standard InChI is InChI=1S/C12H15FO3/c1-2-12(16,7-6-11(14)15)9-4-3-5-10(13)8-9/h3-5,8,16H,2,6-7H2,1H3,(H,14,15). The van der Waals surface area contributed by atoms with Gasteiger partial charge in [0, 0.05) is 6.42 Å². The van der Waals surface area contributed by atoms with Gasteiger partial charge in [0.05, 0.1) is 5.60 Å². The van der Waals surface area contributed by atoms with Crippen molar-refractivity contribution in [1.29, 1.82) is 0 Å². The van der Waals surface area contributed by atoms with E-state index in [1.165, 1.54) is 18.2 Å². The highest BCUT2D eigenvalue weighted by Crippen LogP contribution is 2.30. The maximum atomic E-state index is 13.0. The minimum atomic E-state index is -1.26. The average molecular weight is 226 g/mol. The van der Waals surface area contributed by atoms with Crippen molar-refractivity contribution in [2.75, 3.05) is 0 Å². The van der Waals surface area contributed by atoms with Crippen LogP contribution in [-0.4, -0.2) is 16.2 Å². The molecule has 0 bridgehead atoms. The minimum Gasteiger partial charge on any atom is -0.481 e. The maximum Gasteiger partial charge on any atom is 0.303 e. The summed E-state index contributed by atoms with van der Waals surface area (Å²) in [6.07, 6.45) is 0.298. The maximum absolute atomic E-state index is 13.0. The van der Waals surface area contributed by atoms with Crippen LogP contribution < -0.4 is 0 Å². The molecule has 3 nitrogen and oxygen atoms in total. The predicted molar refractivity (Wildman–Crippen MR) is 57.5 cm³/mol. The van der Waals surface area contributed by atoms with Crippen molar-refractivity contribution in [2.24, 2.45) is 0 Å². The first kappa shape index (κ1) is 12.6. The second-order valence-electron chi connectivity index (χ2n) is 3.79. The quantitative estimate of drug-likeness (QED) is 0.809. The fourth-order valence-electron chi connectivity index (χ4n) is 1.62. The number of halogens is 1. The Morgan fingerprint density at radius 2 is 2.19 bits per heavy atom. The lowest BCUT2D eigenvalue weighted by Crippen LogP contribution is -2.25. The zero-order chi connectivity index (χ0) is 12.2. The molecule has 4 heteroatoms. The Labute approximate surface area is 93.5 Å². The van der Waals surface area contributed by atoms with Gasteiger partial charge < -0.3 is 10.2 Å². The number of aliphatic hydroxyl groups is 1. The highest BCUT2D eigenvalue weighted by molar-refractivity contribution is 5.66. The van der Waals surface area contributed by atoms with Crippen molar-refractivity contribution in [1.82, 2.24) is 0 Å². The van der Waals surface area contributed by atoms with Gasteiger partial charge in [0.2, 0.25) is 0 Å². The Hall–Kier alpha value is -1.42. The van der Waals surface area contributed by atoms with Gasteiger partial charge in [-0.1, -0.05) is 19.1 Å². The summed E-state index contributed by atoms with van der Waals surface area (Å²) in [6, 6.07) is 5.64. The predicted octanol–water partition coefficient (Wildman–Crippen LogP) is 2.29. The Balaban J connectivity index is 2.90. The highest BCUT2D eigenvalue weighted by atomic mass is 19.1. The number of carboxylic acids is 1. The van der Waals surface area contributed by atoms with Gasteiger partial charge in [0.25, 0.3) is 0 Å². The topological polar surface area (TPSA) is 57.5 Å². The molecule has 0 fully saturated rings. The third kappa shape index (κ3) is 3.03. The molecule has 0 heterocycles. The normalized spacial score (nSPS) is 14.4. The average Bonchev–Trinajstić information content (AvgIpc) is 2.26. The van der Waals surface area contributed by atoms with E-state index in [0.717, 1.165) is 0 Å². The summed E-state index contributed by atoms with van der Waals surface area (Å²) in [5.74, 6) is -1.40. The van der Waals surface area contributed by atoms with E-state index >= 15 is 0 Å². The molecule has 0 radical (unpaired) electrons.